The van der Waals surface area contributed by atoms with E-state index in [1.807, 2.05) is 12.1 Å². The molecule has 1 saturated carbocycles. The van der Waals surface area contributed by atoms with Gasteiger partial charge in [-0.3, -0.25) is 0 Å². The fraction of sp³-hybridized carbons (Fsp3) is 0.438. The van der Waals surface area contributed by atoms with Crippen molar-refractivity contribution in [2.45, 2.75) is 37.1 Å². The van der Waals surface area contributed by atoms with Crippen molar-refractivity contribution in [2.24, 2.45) is 0 Å². The fourth-order valence-electron chi connectivity index (χ4n) is 2.88. The molecule has 1 heterocycles. The van der Waals surface area contributed by atoms with Crippen molar-refractivity contribution in [1.29, 1.82) is 0 Å². The molecule has 0 atom stereocenters. The average molecular weight is 352 g/mol. The monoisotopic (exact) mass is 352 g/mol. The second-order valence-electron chi connectivity index (χ2n) is 5.91. The Morgan fingerprint density at radius 3 is 2.33 bits per heavy atom. The number of nitrogens with zero attached hydrogens (tertiary/aromatic N) is 1. The Bertz CT molecular complexity index is 849. The molecule has 0 spiro atoms. The summed E-state index contributed by atoms with van der Waals surface area (Å²) in [5.74, 6) is 1.45. The minimum atomic E-state index is -3.74. The summed E-state index contributed by atoms with van der Waals surface area (Å²) < 4.78 is 43.9. The molecule has 0 radical (unpaired) electrons. The molecule has 0 unspecified atom stereocenters. The smallest absolute Gasteiger partial charge is 0.246 e. The Hall–Kier alpha value is -2.06. The number of rotatable bonds is 6. The van der Waals surface area contributed by atoms with Gasteiger partial charge in [0.05, 0.1) is 19.8 Å². The van der Waals surface area contributed by atoms with Crippen molar-refractivity contribution >= 4 is 10.0 Å². The number of ether oxygens (including phenoxy) is 2. The van der Waals surface area contributed by atoms with Crippen LogP contribution >= 0.6 is 0 Å². The van der Waals surface area contributed by atoms with E-state index in [-0.39, 0.29) is 10.7 Å². The molecule has 1 aliphatic carbocycles. The first-order valence-corrected chi connectivity index (χ1v) is 9.00. The number of aryl methyl sites for hydroxylation is 2. The van der Waals surface area contributed by atoms with Crippen molar-refractivity contribution in [1.82, 2.24) is 9.88 Å². The van der Waals surface area contributed by atoms with Gasteiger partial charge in [-0.1, -0.05) is 11.2 Å². The van der Waals surface area contributed by atoms with Crippen LogP contribution in [0.2, 0.25) is 0 Å². The summed E-state index contributed by atoms with van der Waals surface area (Å²) in [5, 5.41) is 3.72. The van der Waals surface area contributed by atoms with E-state index in [0.717, 1.165) is 5.56 Å². The van der Waals surface area contributed by atoms with E-state index in [1.54, 1.807) is 34.1 Å². The zero-order valence-corrected chi connectivity index (χ0v) is 14.9. The molecule has 1 aromatic carbocycles. The molecular formula is C16H20N2O5S. The van der Waals surface area contributed by atoms with Gasteiger partial charge < -0.3 is 14.0 Å². The maximum absolute atomic E-state index is 12.8. The summed E-state index contributed by atoms with van der Waals surface area (Å²) >= 11 is 0. The minimum absolute atomic E-state index is 0.106. The average Bonchev–Trinajstić information content (AvgIpc) is 3.23. The normalized spacial score (nSPS) is 16.0. The first kappa shape index (κ1) is 16.8. The third-order valence-electron chi connectivity index (χ3n) is 4.25. The summed E-state index contributed by atoms with van der Waals surface area (Å²) in [7, 11) is -0.624. The molecule has 1 aliphatic rings. The van der Waals surface area contributed by atoms with Gasteiger partial charge in [-0.2, -0.15) is 0 Å². The Labute approximate surface area is 141 Å². The first-order chi connectivity index (χ1) is 11.3. The summed E-state index contributed by atoms with van der Waals surface area (Å²) in [6.07, 6.45) is 1.43. The molecule has 8 heteroatoms. The lowest BCUT2D eigenvalue weighted by molar-refractivity contribution is 0.354. The van der Waals surface area contributed by atoms with Crippen molar-refractivity contribution < 1.29 is 22.4 Å². The highest BCUT2D eigenvalue weighted by Gasteiger charge is 2.48. The van der Waals surface area contributed by atoms with Crippen molar-refractivity contribution in [3.8, 4) is 11.5 Å². The SMILES string of the molecule is COc1ccc(C2(NS(=O)(=O)c3c(C)noc3C)CC2)cc1OC. The van der Waals surface area contributed by atoms with Crippen LogP contribution in [0.5, 0.6) is 11.5 Å². The molecule has 0 saturated heterocycles. The summed E-state index contributed by atoms with van der Waals surface area (Å²) in [6, 6.07) is 5.43. The third kappa shape index (κ3) is 2.76. The highest BCUT2D eigenvalue weighted by atomic mass is 32.2. The van der Waals surface area contributed by atoms with Crippen molar-refractivity contribution in [2.75, 3.05) is 14.2 Å². The number of benzene rings is 1. The van der Waals surface area contributed by atoms with Gasteiger partial charge in [0.15, 0.2) is 17.3 Å². The lowest BCUT2D eigenvalue weighted by atomic mass is 10.1. The van der Waals surface area contributed by atoms with Gasteiger partial charge >= 0.3 is 0 Å². The van der Waals surface area contributed by atoms with Crippen molar-refractivity contribution in [3.05, 3.63) is 35.2 Å². The summed E-state index contributed by atoms with van der Waals surface area (Å²) in [5.41, 5.74) is 0.563. The van der Waals surface area contributed by atoms with E-state index in [2.05, 4.69) is 9.88 Å². The summed E-state index contributed by atoms with van der Waals surface area (Å²) in [6.45, 7) is 3.20. The number of hydrogen-bond donors (Lipinski definition) is 1. The lowest BCUT2D eigenvalue weighted by Gasteiger charge is -2.19. The minimum Gasteiger partial charge on any atom is -0.493 e. The highest BCUT2D eigenvalue weighted by molar-refractivity contribution is 7.89. The van der Waals surface area contributed by atoms with Crippen molar-refractivity contribution in [3.63, 3.8) is 0 Å². The van der Waals surface area contributed by atoms with Crippen LogP contribution in [-0.2, 0) is 15.6 Å². The lowest BCUT2D eigenvalue weighted by Crippen LogP contribution is -2.35. The van der Waals surface area contributed by atoms with Crippen LogP contribution in [0, 0.1) is 13.8 Å². The van der Waals surface area contributed by atoms with Gasteiger partial charge in [-0.25, -0.2) is 13.1 Å². The molecule has 1 N–H and O–H groups in total. The Morgan fingerprint density at radius 2 is 1.83 bits per heavy atom. The van der Waals surface area contributed by atoms with E-state index in [9.17, 15) is 8.42 Å². The Balaban J connectivity index is 1.95. The van der Waals surface area contributed by atoms with Crippen LogP contribution in [-0.4, -0.2) is 27.8 Å². The molecule has 0 amide bonds. The van der Waals surface area contributed by atoms with Crippen LogP contribution in [0.25, 0.3) is 0 Å². The number of hydrogen-bond acceptors (Lipinski definition) is 6. The maximum atomic E-state index is 12.8. The van der Waals surface area contributed by atoms with Gasteiger partial charge in [0, 0.05) is 0 Å². The Morgan fingerprint density at radius 1 is 1.17 bits per heavy atom. The maximum Gasteiger partial charge on any atom is 0.246 e. The number of methoxy groups -OCH3 is 2. The van der Waals surface area contributed by atoms with Crippen LogP contribution in [0.1, 0.15) is 29.9 Å². The quantitative estimate of drug-likeness (QED) is 0.858. The van der Waals surface area contributed by atoms with Gasteiger partial charge in [-0.05, 0) is 44.4 Å². The van der Waals surface area contributed by atoms with Crippen LogP contribution in [0.15, 0.2) is 27.6 Å². The van der Waals surface area contributed by atoms with Crippen LogP contribution < -0.4 is 14.2 Å². The molecular weight excluding hydrogens is 332 g/mol. The summed E-state index contributed by atoms with van der Waals surface area (Å²) in [4.78, 5) is 0.106. The van der Waals surface area contributed by atoms with E-state index in [1.165, 1.54) is 0 Å². The first-order valence-electron chi connectivity index (χ1n) is 7.52. The molecule has 1 aromatic heterocycles. The van der Waals surface area contributed by atoms with E-state index >= 15 is 0 Å². The molecule has 0 bridgehead atoms. The number of aromatic nitrogens is 1. The zero-order chi connectivity index (χ0) is 17.5. The van der Waals surface area contributed by atoms with Gasteiger partial charge in [0.25, 0.3) is 0 Å². The predicted octanol–water partition coefficient (Wildman–Crippen LogP) is 2.28. The van der Waals surface area contributed by atoms with Gasteiger partial charge in [0.1, 0.15) is 10.6 Å². The van der Waals surface area contributed by atoms with Crippen LogP contribution in [0.4, 0.5) is 0 Å². The molecule has 0 aliphatic heterocycles. The van der Waals surface area contributed by atoms with E-state index in [4.69, 9.17) is 14.0 Å². The number of nitrogens with one attached hydrogen (secondary N) is 1. The second-order valence-corrected chi connectivity index (χ2v) is 7.53. The van der Waals surface area contributed by atoms with Gasteiger partial charge in [0.2, 0.25) is 10.0 Å². The Kier molecular flexibility index (Phi) is 4.05. The van der Waals surface area contributed by atoms with E-state index < -0.39 is 15.6 Å². The highest BCUT2D eigenvalue weighted by Crippen LogP contribution is 2.48. The molecule has 130 valence electrons. The van der Waals surface area contributed by atoms with Gasteiger partial charge in [-0.15, -0.1) is 0 Å². The molecule has 2 aromatic rings. The molecule has 7 nitrogen and oxygen atoms in total. The molecule has 1 fully saturated rings. The third-order valence-corrected chi connectivity index (χ3v) is 6.03. The predicted molar refractivity (Wildman–Crippen MR) is 86.8 cm³/mol. The fourth-order valence-corrected chi connectivity index (χ4v) is 4.66. The van der Waals surface area contributed by atoms with Crippen LogP contribution in [0.3, 0.4) is 0 Å². The topological polar surface area (TPSA) is 90.7 Å². The molecule has 24 heavy (non-hydrogen) atoms. The zero-order valence-electron chi connectivity index (χ0n) is 14.0. The van der Waals surface area contributed by atoms with E-state index in [0.29, 0.717) is 30.0 Å². The molecule has 3 rings (SSSR count). The second kappa shape index (κ2) is 5.78. The number of sulfonamides is 1. The largest absolute Gasteiger partial charge is 0.493 e. The standard InChI is InChI=1S/C16H20N2O5S/c1-10-15(11(2)23-17-10)24(19,20)18-16(7-8-16)12-5-6-13(21-3)14(9-12)22-4/h5-6,9,18H,7-8H2,1-4H3.